The number of urea groups is 1. The summed E-state index contributed by atoms with van der Waals surface area (Å²) in [5, 5.41) is 24.9. The number of carboxylic acid groups (broad SMARTS) is 1. The van der Waals surface area contributed by atoms with Crippen molar-refractivity contribution in [1.82, 2.24) is 10.6 Å². The first-order valence-corrected chi connectivity index (χ1v) is 6.29. The first-order chi connectivity index (χ1) is 8.42. The van der Waals surface area contributed by atoms with Crippen LogP contribution in [0, 0.1) is 0 Å². The van der Waals surface area contributed by atoms with Gasteiger partial charge in [0.15, 0.2) is 5.60 Å². The summed E-state index contributed by atoms with van der Waals surface area (Å²) in [5.74, 6) is -1.37. The van der Waals surface area contributed by atoms with Gasteiger partial charge in [0.1, 0.15) is 0 Å². The molecule has 0 fully saturated rings. The van der Waals surface area contributed by atoms with Gasteiger partial charge in [-0.15, -0.1) is 11.3 Å². The molecule has 0 saturated heterocycles. The highest BCUT2D eigenvalue weighted by Crippen LogP contribution is 2.08. The summed E-state index contributed by atoms with van der Waals surface area (Å²) < 4.78 is 0. The number of amides is 2. The summed E-state index contributed by atoms with van der Waals surface area (Å²) in [6.07, 6.45) is 0.723. The van der Waals surface area contributed by atoms with Crippen LogP contribution in [0.4, 0.5) is 4.79 Å². The Balaban J connectivity index is 2.20. The van der Waals surface area contributed by atoms with E-state index in [9.17, 15) is 14.7 Å². The Kier molecular flexibility index (Phi) is 5.11. The number of aliphatic hydroxyl groups is 1. The second-order valence-electron chi connectivity index (χ2n) is 4.02. The van der Waals surface area contributed by atoms with Gasteiger partial charge in [-0.25, -0.2) is 9.59 Å². The van der Waals surface area contributed by atoms with E-state index in [1.54, 1.807) is 11.3 Å². The van der Waals surface area contributed by atoms with Crippen LogP contribution in [0.2, 0.25) is 0 Å². The van der Waals surface area contributed by atoms with E-state index in [0.29, 0.717) is 6.54 Å². The number of hydrogen-bond acceptors (Lipinski definition) is 4. The number of carboxylic acids is 1. The Bertz CT molecular complexity index is 403. The van der Waals surface area contributed by atoms with Gasteiger partial charge in [-0.2, -0.15) is 0 Å². The van der Waals surface area contributed by atoms with Crippen molar-refractivity contribution >= 4 is 23.3 Å². The van der Waals surface area contributed by atoms with E-state index in [0.717, 1.165) is 18.2 Å². The van der Waals surface area contributed by atoms with E-state index >= 15 is 0 Å². The highest BCUT2D eigenvalue weighted by atomic mass is 32.1. The Morgan fingerprint density at radius 1 is 1.44 bits per heavy atom. The van der Waals surface area contributed by atoms with Gasteiger partial charge in [-0.1, -0.05) is 6.07 Å². The van der Waals surface area contributed by atoms with E-state index in [1.165, 1.54) is 0 Å². The van der Waals surface area contributed by atoms with E-state index in [1.807, 2.05) is 17.5 Å². The molecular formula is C11H16N2O4S. The van der Waals surface area contributed by atoms with Gasteiger partial charge in [0.25, 0.3) is 0 Å². The molecule has 0 radical (unpaired) electrons. The zero-order chi connectivity index (χ0) is 13.6. The highest BCUT2D eigenvalue weighted by Gasteiger charge is 2.30. The number of carbonyl (C=O) groups is 2. The fraction of sp³-hybridized carbons (Fsp3) is 0.455. The standard InChI is InChI=1S/C11H16N2O4S/c1-11(17,9(14)15)7-13-10(16)12-5-4-8-3-2-6-18-8/h2-3,6,17H,4-5,7H2,1H3,(H,14,15)(H2,12,13,16). The predicted octanol–water partition coefficient (Wildman–Crippen LogP) is 0.425. The van der Waals surface area contributed by atoms with E-state index in [-0.39, 0.29) is 6.54 Å². The van der Waals surface area contributed by atoms with Crippen molar-refractivity contribution in [2.45, 2.75) is 18.9 Å². The van der Waals surface area contributed by atoms with Gasteiger partial charge in [0, 0.05) is 11.4 Å². The molecule has 6 nitrogen and oxygen atoms in total. The molecule has 2 amide bonds. The lowest BCUT2D eigenvalue weighted by Gasteiger charge is -2.18. The maximum Gasteiger partial charge on any atom is 0.337 e. The van der Waals surface area contributed by atoms with Gasteiger partial charge in [0.05, 0.1) is 6.54 Å². The second kappa shape index (κ2) is 6.36. The number of aliphatic carboxylic acids is 1. The summed E-state index contributed by atoms with van der Waals surface area (Å²) >= 11 is 1.61. The van der Waals surface area contributed by atoms with Crippen LogP contribution in [-0.4, -0.2) is 40.9 Å². The summed E-state index contributed by atoms with van der Waals surface area (Å²) in [7, 11) is 0. The third-order valence-corrected chi connectivity index (χ3v) is 3.23. The molecule has 0 bridgehead atoms. The molecule has 1 atom stereocenters. The molecule has 0 aliphatic heterocycles. The van der Waals surface area contributed by atoms with Crippen LogP contribution in [0.1, 0.15) is 11.8 Å². The zero-order valence-electron chi connectivity index (χ0n) is 9.97. The van der Waals surface area contributed by atoms with Gasteiger partial charge in [-0.3, -0.25) is 0 Å². The molecule has 0 aliphatic carbocycles. The van der Waals surface area contributed by atoms with Crippen LogP contribution in [0.3, 0.4) is 0 Å². The smallest absolute Gasteiger partial charge is 0.337 e. The first kappa shape index (κ1) is 14.5. The molecule has 7 heteroatoms. The second-order valence-corrected chi connectivity index (χ2v) is 5.05. The minimum Gasteiger partial charge on any atom is -0.479 e. The average molecular weight is 272 g/mol. The molecule has 1 unspecified atom stereocenters. The minimum absolute atomic E-state index is 0.340. The summed E-state index contributed by atoms with van der Waals surface area (Å²) in [5.41, 5.74) is -1.95. The Morgan fingerprint density at radius 2 is 2.17 bits per heavy atom. The van der Waals surface area contributed by atoms with Crippen molar-refractivity contribution < 1.29 is 19.8 Å². The van der Waals surface area contributed by atoms with Gasteiger partial charge in [0.2, 0.25) is 0 Å². The van der Waals surface area contributed by atoms with Gasteiger partial charge < -0.3 is 20.8 Å². The fourth-order valence-corrected chi connectivity index (χ4v) is 1.85. The highest BCUT2D eigenvalue weighted by molar-refractivity contribution is 7.09. The monoisotopic (exact) mass is 272 g/mol. The molecule has 18 heavy (non-hydrogen) atoms. The van der Waals surface area contributed by atoms with Crippen LogP contribution in [0.15, 0.2) is 17.5 Å². The van der Waals surface area contributed by atoms with Crippen LogP contribution < -0.4 is 10.6 Å². The maximum absolute atomic E-state index is 11.3. The quantitative estimate of drug-likeness (QED) is 0.603. The van der Waals surface area contributed by atoms with Gasteiger partial charge in [-0.05, 0) is 24.8 Å². The Hall–Kier alpha value is -1.60. The molecule has 4 N–H and O–H groups in total. The molecule has 0 aliphatic rings. The SMILES string of the molecule is CC(O)(CNC(=O)NCCc1cccs1)C(=O)O. The zero-order valence-corrected chi connectivity index (χ0v) is 10.8. The third kappa shape index (κ3) is 4.72. The molecule has 1 heterocycles. The van der Waals surface area contributed by atoms with E-state index < -0.39 is 17.6 Å². The number of rotatable bonds is 6. The lowest BCUT2D eigenvalue weighted by atomic mass is 10.1. The lowest BCUT2D eigenvalue weighted by molar-refractivity contribution is -0.155. The number of carbonyl (C=O) groups excluding carboxylic acids is 1. The molecule has 100 valence electrons. The van der Waals surface area contributed by atoms with Crippen LogP contribution >= 0.6 is 11.3 Å². The van der Waals surface area contributed by atoms with Crippen LogP contribution in [-0.2, 0) is 11.2 Å². The number of nitrogens with one attached hydrogen (secondary N) is 2. The first-order valence-electron chi connectivity index (χ1n) is 5.41. The van der Waals surface area contributed by atoms with Gasteiger partial charge >= 0.3 is 12.0 Å². The van der Waals surface area contributed by atoms with Crippen molar-refractivity contribution in [3.8, 4) is 0 Å². The number of thiophene rings is 1. The predicted molar refractivity (Wildman–Crippen MR) is 67.7 cm³/mol. The van der Waals surface area contributed by atoms with Crippen molar-refractivity contribution in [3.05, 3.63) is 22.4 Å². The Morgan fingerprint density at radius 3 is 2.72 bits per heavy atom. The molecule has 1 aromatic rings. The van der Waals surface area contributed by atoms with Crippen molar-refractivity contribution in [2.24, 2.45) is 0 Å². The van der Waals surface area contributed by atoms with Crippen molar-refractivity contribution in [2.75, 3.05) is 13.1 Å². The normalized spacial score (nSPS) is 13.7. The van der Waals surface area contributed by atoms with Crippen LogP contribution in [0.5, 0.6) is 0 Å². The molecular weight excluding hydrogens is 256 g/mol. The summed E-state index contributed by atoms with van der Waals surface area (Å²) in [4.78, 5) is 23.1. The topological polar surface area (TPSA) is 98.7 Å². The summed E-state index contributed by atoms with van der Waals surface area (Å²) in [6, 6.07) is 3.41. The minimum atomic E-state index is -1.95. The number of hydrogen-bond donors (Lipinski definition) is 4. The average Bonchev–Trinajstić information content (AvgIpc) is 2.79. The lowest BCUT2D eigenvalue weighted by Crippen LogP contribution is -2.49. The van der Waals surface area contributed by atoms with Crippen molar-refractivity contribution in [1.29, 1.82) is 0 Å². The fourth-order valence-electron chi connectivity index (χ4n) is 1.14. The third-order valence-electron chi connectivity index (χ3n) is 2.29. The molecule has 0 aromatic carbocycles. The van der Waals surface area contributed by atoms with E-state index in [4.69, 9.17) is 5.11 Å². The molecule has 0 spiro atoms. The largest absolute Gasteiger partial charge is 0.479 e. The molecule has 1 aromatic heterocycles. The molecule has 1 rings (SSSR count). The van der Waals surface area contributed by atoms with Crippen LogP contribution in [0.25, 0.3) is 0 Å². The molecule has 0 saturated carbocycles. The maximum atomic E-state index is 11.3. The van der Waals surface area contributed by atoms with Crippen molar-refractivity contribution in [3.63, 3.8) is 0 Å². The Labute approximate surface area is 109 Å². The summed E-state index contributed by atoms with van der Waals surface area (Å²) in [6.45, 7) is 1.25. The van der Waals surface area contributed by atoms with E-state index in [2.05, 4.69) is 10.6 Å².